The largest absolute Gasteiger partial charge is 0.573 e. The Balaban J connectivity index is 1.62. The second kappa shape index (κ2) is 8.34. The van der Waals surface area contributed by atoms with Gasteiger partial charge in [-0.3, -0.25) is 0 Å². The molecule has 1 aromatic rings. The molecular weight excluding hydrogens is 396 g/mol. The number of hydrogen-bond acceptors (Lipinski definition) is 3. The summed E-state index contributed by atoms with van der Waals surface area (Å²) in [5.74, 6) is -1.58. The van der Waals surface area contributed by atoms with Crippen LogP contribution in [-0.2, 0) is 6.54 Å². The molecule has 1 unspecified atom stereocenters. The number of carbonyl (C=O) groups is 2. The van der Waals surface area contributed by atoms with E-state index >= 15 is 0 Å². The lowest BCUT2D eigenvalue weighted by molar-refractivity contribution is -0.274. The first kappa shape index (κ1) is 21.0. The molecule has 3 N–H and O–H groups in total. The summed E-state index contributed by atoms with van der Waals surface area (Å²) in [6.07, 6.45) is -1.77. The Morgan fingerprint density at radius 1 is 1.24 bits per heavy atom. The van der Waals surface area contributed by atoms with E-state index in [2.05, 4.69) is 10.1 Å². The van der Waals surface area contributed by atoms with Gasteiger partial charge in [-0.1, -0.05) is 6.07 Å². The Labute approximate surface area is 164 Å². The first-order valence-corrected chi connectivity index (χ1v) is 9.29. The van der Waals surface area contributed by atoms with Gasteiger partial charge in [0.2, 0.25) is 0 Å². The van der Waals surface area contributed by atoms with Crippen molar-refractivity contribution in [1.82, 2.24) is 15.1 Å². The van der Waals surface area contributed by atoms with Crippen LogP contribution in [0.25, 0.3) is 0 Å². The van der Waals surface area contributed by atoms with E-state index in [-0.39, 0.29) is 24.2 Å². The van der Waals surface area contributed by atoms with Gasteiger partial charge in [0, 0.05) is 37.3 Å². The first-order valence-electron chi connectivity index (χ1n) is 9.29. The highest BCUT2D eigenvalue weighted by molar-refractivity contribution is 5.76. The summed E-state index contributed by atoms with van der Waals surface area (Å²) in [5.41, 5.74) is 5.38. The highest BCUT2D eigenvalue weighted by atomic mass is 19.4. The maximum Gasteiger partial charge on any atom is 0.573 e. The normalized spacial score (nSPS) is 19.6. The van der Waals surface area contributed by atoms with Crippen LogP contribution in [-0.4, -0.2) is 53.4 Å². The fourth-order valence-electron chi connectivity index (χ4n) is 3.50. The van der Waals surface area contributed by atoms with Crippen molar-refractivity contribution in [2.45, 2.75) is 50.7 Å². The van der Waals surface area contributed by atoms with Gasteiger partial charge in [0.05, 0.1) is 6.04 Å². The fourth-order valence-corrected chi connectivity index (χ4v) is 3.50. The van der Waals surface area contributed by atoms with Gasteiger partial charge in [-0.25, -0.2) is 14.0 Å². The van der Waals surface area contributed by atoms with Crippen LogP contribution in [0.2, 0.25) is 0 Å². The molecule has 0 aromatic heterocycles. The lowest BCUT2D eigenvalue weighted by Crippen LogP contribution is -2.55. The first-order chi connectivity index (χ1) is 13.6. The van der Waals surface area contributed by atoms with Crippen molar-refractivity contribution in [3.8, 4) is 5.75 Å². The van der Waals surface area contributed by atoms with Crippen LogP contribution in [0.4, 0.5) is 27.2 Å². The molecule has 4 amide bonds. The summed E-state index contributed by atoms with van der Waals surface area (Å²) >= 11 is 0. The second-order valence-corrected chi connectivity index (χ2v) is 7.18. The molecule has 2 fully saturated rings. The monoisotopic (exact) mass is 418 g/mol. The van der Waals surface area contributed by atoms with E-state index in [4.69, 9.17) is 5.73 Å². The van der Waals surface area contributed by atoms with E-state index in [0.29, 0.717) is 19.2 Å². The third-order valence-electron chi connectivity index (χ3n) is 4.96. The van der Waals surface area contributed by atoms with Crippen LogP contribution >= 0.6 is 0 Å². The van der Waals surface area contributed by atoms with Crippen LogP contribution in [0.1, 0.15) is 31.2 Å². The Morgan fingerprint density at radius 3 is 2.55 bits per heavy atom. The maximum absolute atomic E-state index is 14.1. The highest BCUT2D eigenvalue weighted by Gasteiger charge is 2.39. The Morgan fingerprint density at radius 2 is 1.97 bits per heavy atom. The molecule has 1 heterocycles. The number of piperidine rings is 1. The predicted octanol–water partition coefficient (Wildman–Crippen LogP) is 2.94. The SMILES string of the molecule is NC(=O)N1CCCC(N(C(=O)NCc2ccc(OC(F)(F)F)cc2F)C2CC2)C1. The van der Waals surface area contributed by atoms with Gasteiger partial charge in [-0.15, -0.1) is 13.2 Å². The Kier molecular flexibility index (Phi) is 6.04. The third kappa shape index (κ3) is 5.64. The number of benzene rings is 1. The van der Waals surface area contributed by atoms with Gasteiger partial charge in [-0.2, -0.15) is 0 Å². The number of rotatable bonds is 5. The lowest BCUT2D eigenvalue weighted by atomic mass is 10.0. The summed E-state index contributed by atoms with van der Waals surface area (Å²) in [5, 5.41) is 2.62. The highest BCUT2D eigenvalue weighted by Crippen LogP contribution is 2.31. The molecule has 1 saturated carbocycles. The summed E-state index contributed by atoms with van der Waals surface area (Å²) < 4.78 is 54.4. The number of nitrogens with one attached hydrogen (secondary N) is 1. The molecule has 0 radical (unpaired) electrons. The molecule has 0 bridgehead atoms. The molecule has 2 aliphatic rings. The summed E-state index contributed by atoms with van der Waals surface area (Å²) in [6, 6.07) is 1.68. The van der Waals surface area contributed by atoms with Crippen LogP contribution < -0.4 is 15.8 Å². The number of carbonyl (C=O) groups excluding carboxylic acids is 2. The number of amides is 4. The summed E-state index contributed by atoms with van der Waals surface area (Å²) in [7, 11) is 0. The molecule has 3 rings (SSSR count). The molecule has 29 heavy (non-hydrogen) atoms. The molecule has 0 spiro atoms. The number of halogens is 4. The number of ether oxygens (including phenoxy) is 1. The third-order valence-corrected chi connectivity index (χ3v) is 4.96. The van der Waals surface area contributed by atoms with Crippen molar-refractivity contribution >= 4 is 12.1 Å². The predicted molar refractivity (Wildman–Crippen MR) is 94.4 cm³/mol. The minimum atomic E-state index is -4.91. The van der Waals surface area contributed by atoms with Gasteiger partial charge < -0.3 is 25.6 Å². The zero-order chi connectivity index (χ0) is 21.2. The van der Waals surface area contributed by atoms with E-state index < -0.39 is 30.0 Å². The average molecular weight is 418 g/mol. The van der Waals surface area contributed by atoms with Gasteiger partial charge in [-0.05, 0) is 31.7 Å². The molecule has 1 aliphatic heterocycles. The van der Waals surface area contributed by atoms with Gasteiger partial charge in [0.1, 0.15) is 11.6 Å². The molecular formula is C18H22F4N4O3. The van der Waals surface area contributed by atoms with Crippen LogP contribution in [0.5, 0.6) is 5.75 Å². The van der Waals surface area contributed by atoms with Crippen molar-refractivity contribution in [2.75, 3.05) is 13.1 Å². The van der Waals surface area contributed by atoms with Crippen molar-refractivity contribution in [3.05, 3.63) is 29.6 Å². The number of nitrogens with zero attached hydrogens (tertiary/aromatic N) is 2. The number of alkyl halides is 3. The lowest BCUT2D eigenvalue weighted by Gasteiger charge is -2.39. The van der Waals surface area contributed by atoms with Crippen LogP contribution in [0, 0.1) is 5.82 Å². The minimum Gasteiger partial charge on any atom is -0.406 e. The number of nitrogens with two attached hydrogens (primary N) is 1. The number of primary amides is 1. The quantitative estimate of drug-likeness (QED) is 0.721. The van der Waals surface area contributed by atoms with E-state index in [0.717, 1.165) is 37.8 Å². The molecule has 1 aliphatic carbocycles. The molecule has 1 aromatic carbocycles. The summed E-state index contributed by atoms with van der Waals surface area (Å²) in [6.45, 7) is 0.701. The van der Waals surface area contributed by atoms with Gasteiger partial charge in [0.15, 0.2) is 0 Å². The number of hydrogen-bond donors (Lipinski definition) is 2. The Bertz CT molecular complexity index is 770. The summed E-state index contributed by atoms with van der Waals surface area (Å²) in [4.78, 5) is 27.3. The van der Waals surface area contributed by atoms with Gasteiger partial charge >= 0.3 is 18.4 Å². The van der Waals surface area contributed by atoms with E-state index in [1.54, 1.807) is 4.90 Å². The molecule has 160 valence electrons. The standard InChI is InChI=1S/C18H22F4N4O3/c19-15-8-14(29-18(20,21)22)6-3-11(15)9-24-17(28)26(12-4-5-12)13-2-1-7-25(10-13)16(23)27/h3,6,8,12-13H,1-2,4-5,7,9-10H2,(H2,23,27)(H,24,28). The fraction of sp³-hybridized carbons (Fsp3) is 0.556. The van der Waals surface area contributed by atoms with Crippen LogP contribution in [0.3, 0.4) is 0 Å². The van der Waals surface area contributed by atoms with Crippen molar-refractivity contribution in [1.29, 1.82) is 0 Å². The Hall–Kier alpha value is -2.72. The van der Waals surface area contributed by atoms with Crippen molar-refractivity contribution in [3.63, 3.8) is 0 Å². The van der Waals surface area contributed by atoms with Crippen LogP contribution in [0.15, 0.2) is 18.2 Å². The molecule has 7 nitrogen and oxygen atoms in total. The second-order valence-electron chi connectivity index (χ2n) is 7.18. The number of likely N-dealkylation sites (tertiary alicyclic amines) is 1. The average Bonchev–Trinajstić information content (AvgIpc) is 3.45. The van der Waals surface area contributed by atoms with Crippen molar-refractivity contribution < 1.29 is 31.9 Å². The van der Waals surface area contributed by atoms with Crippen molar-refractivity contribution in [2.24, 2.45) is 5.73 Å². The minimum absolute atomic E-state index is 0.0334. The molecule has 1 atom stereocenters. The molecule has 1 saturated heterocycles. The topological polar surface area (TPSA) is 87.9 Å². The number of urea groups is 2. The van der Waals surface area contributed by atoms with E-state index in [9.17, 15) is 27.2 Å². The zero-order valence-corrected chi connectivity index (χ0v) is 15.5. The smallest absolute Gasteiger partial charge is 0.406 e. The molecule has 11 heteroatoms. The maximum atomic E-state index is 14.1. The van der Waals surface area contributed by atoms with E-state index in [1.807, 2.05) is 0 Å². The zero-order valence-electron chi connectivity index (χ0n) is 15.5. The van der Waals surface area contributed by atoms with Gasteiger partial charge in [0.25, 0.3) is 0 Å². The van der Waals surface area contributed by atoms with E-state index in [1.165, 1.54) is 4.90 Å².